The average Bonchev–Trinajstić information content (AvgIpc) is 3.36. The summed E-state index contributed by atoms with van der Waals surface area (Å²) in [5.41, 5.74) is 5.51. The minimum atomic E-state index is -4.46. The van der Waals surface area contributed by atoms with Crippen molar-refractivity contribution in [1.82, 2.24) is 4.57 Å². The Morgan fingerprint density at radius 1 is 1.05 bits per heavy atom. The molecule has 2 aromatic carbocycles. The van der Waals surface area contributed by atoms with E-state index in [4.69, 9.17) is 27.8 Å². The van der Waals surface area contributed by atoms with Gasteiger partial charge in [-0.15, -0.1) is 0 Å². The van der Waals surface area contributed by atoms with Crippen LogP contribution in [0.2, 0.25) is 10.0 Å². The summed E-state index contributed by atoms with van der Waals surface area (Å²) in [7, 11) is -4.46. The average molecular weight is 579 g/mol. The maximum atomic E-state index is 11.0. The molecule has 11 heteroatoms. The Bertz CT molecular complexity index is 1510. The van der Waals surface area contributed by atoms with E-state index in [1.807, 2.05) is 24.3 Å². The second kappa shape index (κ2) is 10.9. The van der Waals surface area contributed by atoms with Crippen molar-refractivity contribution in [3.05, 3.63) is 70.2 Å². The molecule has 1 aromatic heterocycles. The zero-order valence-electron chi connectivity index (χ0n) is 21.4. The molecule has 0 atom stereocenters. The third-order valence-corrected chi connectivity index (χ3v) is 8.25. The van der Waals surface area contributed by atoms with Gasteiger partial charge < -0.3 is 9.80 Å². The monoisotopic (exact) mass is 577 g/mol. The van der Waals surface area contributed by atoms with Crippen molar-refractivity contribution in [3.63, 3.8) is 0 Å². The minimum absolute atomic E-state index is 0.0891. The number of imidazole rings is 1. The molecular formula is C27H31Cl2N4O4S+. The van der Waals surface area contributed by atoms with E-state index in [9.17, 15) is 8.42 Å². The molecule has 0 aliphatic carbocycles. The van der Waals surface area contributed by atoms with E-state index in [0.29, 0.717) is 23.0 Å². The van der Waals surface area contributed by atoms with Crippen LogP contribution in [0.1, 0.15) is 38.9 Å². The van der Waals surface area contributed by atoms with Crippen molar-refractivity contribution in [2.75, 3.05) is 29.5 Å². The number of halogens is 2. The van der Waals surface area contributed by atoms with E-state index < -0.39 is 10.4 Å². The standard InChI is InChI=1S/C27H30Cl2N4O4S/c1-3-30-24-17-20(28)21(29)18-25(24)31(4-2)26(30)13-12-19-9-7-14-32-22-10-5-6-11-23(22)33(27(19)32)15-8-16-37-38(34,35)36/h5-6,10-13,17-18H,3-4,7-9,14-16H2,1-2H3/p+1. The van der Waals surface area contributed by atoms with E-state index in [1.54, 1.807) is 0 Å². The largest absolute Gasteiger partial charge is 0.397 e. The summed E-state index contributed by atoms with van der Waals surface area (Å²) in [6, 6.07) is 12.1. The van der Waals surface area contributed by atoms with Gasteiger partial charge in [-0.3, -0.25) is 4.55 Å². The number of nitrogens with zero attached hydrogens (tertiary/aromatic N) is 4. The highest BCUT2D eigenvalue weighted by Gasteiger charge is 2.32. The van der Waals surface area contributed by atoms with Crippen LogP contribution < -0.4 is 14.4 Å². The van der Waals surface area contributed by atoms with E-state index in [0.717, 1.165) is 66.5 Å². The highest BCUT2D eigenvalue weighted by Crippen LogP contribution is 2.45. The third-order valence-electron chi connectivity index (χ3n) is 7.07. The molecule has 0 fully saturated rings. The molecule has 5 rings (SSSR count). The lowest BCUT2D eigenvalue weighted by Crippen LogP contribution is -2.40. The van der Waals surface area contributed by atoms with Gasteiger partial charge in [-0.25, -0.2) is 13.3 Å². The maximum absolute atomic E-state index is 11.0. The summed E-state index contributed by atoms with van der Waals surface area (Å²) in [6.45, 7) is 7.17. The fraction of sp³-hybridized carbons (Fsp3) is 0.370. The minimum Gasteiger partial charge on any atom is -0.326 e. The first kappa shape index (κ1) is 27.0. The number of para-hydroxylation sites is 2. The third kappa shape index (κ3) is 5.05. The summed E-state index contributed by atoms with van der Waals surface area (Å²) in [6.07, 6.45) is 6.75. The predicted octanol–water partition coefficient (Wildman–Crippen LogP) is 5.83. The number of anilines is 2. The van der Waals surface area contributed by atoms with Crippen molar-refractivity contribution in [1.29, 1.82) is 0 Å². The number of hydrogen-bond donors (Lipinski definition) is 1. The summed E-state index contributed by atoms with van der Waals surface area (Å²) in [5.74, 6) is 2.17. The van der Waals surface area contributed by atoms with E-state index in [1.165, 1.54) is 5.57 Å². The van der Waals surface area contributed by atoms with Gasteiger partial charge in [0.1, 0.15) is 5.82 Å². The first-order valence-electron chi connectivity index (χ1n) is 12.8. The van der Waals surface area contributed by atoms with Gasteiger partial charge in [-0.1, -0.05) is 35.3 Å². The topological polar surface area (TPSA) is 78.9 Å². The number of aryl methyl sites for hydroxylation is 2. The predicted molar refractivity (Wildman–Crippen MR) is 152 cm³/mol. The molecule has 1 N–H and O–H groups in total. The summed E-state index contributed by atoms with van der Waals surface area (Å²) in [5, 5.41) is 1.07. The number of allylic oxidation sites excluding steroid dienone is 3. The molecule has 202 valence electrons. The van der Waals surface area contributed by atoms with Crippen molar-refractivity contribution in [2.24, 2.45) is 0 Å². The Morgan fingerprint density at radius 2 is 1.71 bits per heavy atom. The number of fused-ring (bicyclic) bond motifs is 4. The molecular weight excluding hydrogens is 547 g/mol. The summed E-state index contributed by atoms with van der Waals surface area (Å²) >= 11 is 12.7. The van der Waals surface area contributed by atoms with Crippen LogP contribution in [0.15, 0.2) is 54.4 Å². The lowest BCUT2D eigenvalue weighted by molar-refractivity contribution is -0.678. The molecule has 8 nitrogen and oxygen atoms in total. The van der Waals surface area contributed by atoms with Crippen molar-refractivity contribution in [2.45, 2.75) is 46.2 Å². The van der Waals surface area contributed by atoms with Crippen LogP contribution >= 0.6 is 23.2 Å². The molecule has 3 aromatic rings. The zero-order chi connectivity index (χ0) is 27.0. The Kier molecular flexibility index (Phi) is 7.75. The van der Waals surface area contributed by atoms with E-state index in [2.05, 4.69) is 61.2 Å². The molecule has 0 unspecified atom stereocenters. The van der Waals surface area contributed by atoms with Crippen molar-refractivity contribution in [3.8, 4) is 0 Å². The quantitative estimate of drug-likeness (QED) is 0.206. The van der Waals surface area contributed by atoms with Gasteiger partial charge in [0.05, 0.1) is 41.1 Å². The molecule has 2 aliphatic rings. The van der Waals surface area contributed by atoms with Crippen LogP contribution in [0.4, 0.5) is 11.4 Å². The molecule has 2 aliphatic heterocycles. The van der Waals surface area contributed by atoms with Crippen LogP contribution in [0.3, 0.4) is 0 Å². The molecule has 0 bridgehead atoms. The molecule has 0 saturated heterocycles. The second-order valence-electron chi connectivity index (χ2n) is 9.28. The van der Waals surface area contributed by atoms with E-state index >= 15 is 0 Å². The van der Waals surface area contributed by atoms with Crippen LogP contribution in [-0.2, 0) is 27.7 Å². The van der Waals surface area contributed by atoms with Crippen molar-refractivity contribution >= 4 is 61.6 Å². The van der Waals surface area contributed by atoms with Gasteiger partial charge in [0.25, 0.3) is 5.82 Å². The lowest BCUT2D eigenvalue weighted by Gasteiger charge is -2.23. The lowest BCUT2D eigenvalue weighted by atomic mass is 10.0. The Balaban J connectivity index is 1.55. The summed E-state index contributed by atoms with van der Waals surface area (Å²) < 4.78 is 40.1. The fourth-order valence-electron chi connectivity index (χ4n) is 5.55. The van der Waals surface area contributed by atoms with Crippen molar-refractivity contribution < 1.29 is 21.7 Å². The maximum Gasteiger partial charge on any atom is 0.397 e. The molecule has 3 heterocycles. The van der Waals surface area contributed by atoms with Crippen LogP contribution in [0, 0.1) is 0 Å². The highest BCUT2D eigenvalue weighted by molar-refractivity contribution is 7.80. The van der Waals surface area contributed by atoms with Gasteiger partial charge >= 0.3 is 10.4 Å². The molecule has 0 spiro atoms. The second-order valence-corrected chi connectivity index (χ2v) is 11.2. The van der Waals surface area contributed by atoms with Crippen LogP contribution in [0.25, 0.3) is 16.6 Å². The van der Waals surface area contributed by atoms with Crippen LogP contribution in [-0.4, -0.2) is 37.2 Å². The zero-order valence-corrected chi connectivity index (χ0v) is 23.7. The molecule has 0 saturated carbocycles. The van der Waals surface area contributed by atoms with Gasteiger partial charge in [0.15, 0.2) is 11.0 Å². The molecule has 0 radical (unpaired) electrons. The number of benzene rings is 2. The van der Waals surface area contributed by atoms with Gasteiger partial charge in [0, 0.05) is 25.1 Å². The normalized spacial score (nSPS) is 16.4. The number of hydrogen-bond acceptors (Lipinski definition) is 5. The van der Waals surface area contributed by atoms with Gasteiger partial charge in [0.2, 0.25) is 0 Å². The molecule has 0 amide bonds. The molecule has 38 heavy (non-hydrogen) atoms. The van der Waals surface area contributed by atoms with E-state index in [-0.39, 0.29) is 6.61 Å². The smallest absolute Gasteiger partial charge is 0.326 e. The Morgan fingerprint density at radius 3 is 2.34 bits per heavy atom. The number of aromatic nitrogens is 2. The van der Waals surface area contributed by atoms with Crippen LogP contribution in [0.5, 0.6) is 0 Å². The van der Waals surface area contributed by atoms with Gasteiger partial charge in [-0.05, 0) is 63.1 Å². The van der Waals surface area contributed by atoms with Gasteiger partial charge in [-0.2, -0.15) is 8.42 Å². The fourth-order valence-corrected chi connectivity index (χ4v) is 6.19. The first-order chi connectivity index (χ1) is 18.2. The number of rotatable bonds is 8. The first-order valence-corrected chi connectivity index (χ1v) is 14.9. The Labute approximate surface area is 233 Å². The highest BCUT2D eigenvalue weighted by atomic mass is 35.5. The SMILES string of the molecule is CCN1C(=C/C=C2/CCC[n+]3c2n(CCCOS(=O)(=O)O)c2ccccc23)N(CC)c2cc(Cl)c(Cl)cc21. The summed E-state index contributed by atoms with van der Waals surface area (Å²) in [4.78, 5) is 4.49. The Hall–Kier alpha value is -2.56.